The lowest BCUT2D eigenvalue weighted by Gasteiger charge is -2.14. The lowest BCUT2D eigenvalue weighted by atomic mass is 9.99. The summed E-state index contributed by atoms with van der Waals surface area (Å²) in [6, 6.07) is 21.0. The first-order chi connectivity index (χ1) is 9.43. The van der Waals surface area contributed by atoms with Gasteiger partial charge in [0.15, 0.2) is 0 Å². The average molecular weight is 250 g/mol. The van der Waals surface area contributed by atoms with Gasteiger partial charge in [-0.1, -0.05) is 61.4 Å². The minimum absolute atomic E-state index is 0.706. The third kappa shape index (κ3) is 3.05. The highest BCUT2D eigenvalue weighted by Gasteiger charge is 2.14. The maximum Gasteiger partial charge on any atom is 0.0220 e. The summed E-state index contributed by atoms with van der Waals surface area (Å²) in [6.07, 6.45) is 5.41. The summed E-state index contributed by atoms with van der Waals surface area (Å²) >= 11 is 0. The van der Waals surface area contributed by atoms with Gasteiger partial charge >= 0.3 is 0 Å². The Hall–Kier alpha value is -1.60. The van der Waals surface area contributed by atoms with Crippen molar-refractivity contribution in [3.05, 3.63) is 60.2 Å². The van der Waals surface area contributed by atoms with Crippen molar-refractivity contribution in [1.82, 2.24) is 5.32 Å². The SMILES string of the molecule is [c]1cccc(-c2ccccc2)c1CNC1CCCC1. The van der Waals surface area contributed by atoms with Crippen molar-refractivity contribution in [3.63, 3.8) is 0 Å². The van der Waals surface area contributed by atoms with Crippen LogP contribution >= 0.6 is 0 Å². The van der Waals surface area contributed by atoms with E-state index in [4.69, 9.17) is 0 Å². The van der Waals surface area contributed by atoms with E-state index in [1.54, 1.807) is 0 Å². The standard InChI is InChI=1S/C18H20N/c1-2-8-15(9-3-1)18-13-7-4-10-16(18)14-19-17-11-5-6-12-17/h1-4,7-9,13,17,19H,5-6,11-12,14H2. The molecule has 1 aliphatic carbocycles. The molecule has 1 heteroatoms. The van der Waals surface area contributed by atoms with Crippen molar-refractivity contribution in [1.29, 1.82) is 0 Å². The first kappa shape index (κ1) is 12.4. The molecule has 1 aliphatic rings. The van der Waals surface area contributed by atoms with Crippen molar-refractivity contribution in [2.75, 3.05) is 0 Å². The van der Waals surface area contributed by atoms with E-state index in [9.17, 15) is 0 Å². The smallest absolute Gasteiger partial charge is 0.0220 e. The van der Waals surface area contributed by atoms with Gasteiger partial charge in [0, 0.05) is 12.6 Å². The van der Waals surface area contributed by atoms with Gasteiger partial charge in [0.2, 0.25) is 0 Å². The number of nitrogens with one attached hydrogen (secondary N) is 1. The second kappa shape index (κ2) is 6.03. The normalized spacial score (nSPS) is 15.8. The van der Waals surface area contributed by atoms with Crippen LogP contribution in [0.2, 0.25) is 0 Å². The Morgan fingerprint density at radius 3 is 2.58 bits per heavy atom. The number of hydrogen-bond acceptors (Lipinski definition) is 1. The monoisotopic (exact) mass is 250 g/mol. The highest BCUT2D eigenvalue weighted by Crippen LogP contribution is 2.24. The largest absolute Gasteiger partial charge is 0.310 e. The molecule has 97 valence electrons. The van der Waals surface area contributed by atoms with Gasteiger partial charge in [-0.2, -0.15) is 0 Å². The predicted molar refractivity (Wildman–Crippen MR) is 79.8 cm³/mol. The first-order valence-electron chi connectivity index (χ1n) is 7.22. The maximum atomic E-state index is 3.68. The molecule has 1 saturated carbocycles. The number of hydrogen-bond donors (Lipinski definition) is 1. The van der Waals surface area contributed by atoms with E-state index in [1.165, 1.54) is 42.4 Å². The molecule has 0 atom stereocenters. The van der Waals surface area contributed by atoms with E-state index in [0.29, 0.717) is 6.04 Å². The van der Waals surface area contributed by atoms with Crippen LogP contribution in [-0.2, 0) is 6.54 Å². The molecule has 2 aromatic rings. The van der Waals surface area contributed by atoms with Crippen LogP contribution in [0.25, 0.3) is 11.1 Å². The first-order valence-corrected chi connectivity index (χ1v) is 7.22. The van der Waals surface area contributed by atoms with Crippen LogP contribution in [-0.4, -0.2) is 6.04 Å². The molecule has 1 nitrogen and oxygen atoms in total. The lowest BCUT2D eigenvalue weighted by molar-refractivity contribution is 0.524. The van der Waals surface area contributed by atoms with Crippen molar-refractivity contribution < 1.29 is 0 Å². The van der Waals surface area contributed by atoms with Gasteiger partial charge < -0.3 is 5.32 Å². The summed E-state index contributed by atoms with van der Waals surface area (Å²) in [6.45, 7) is 0.926. The number of rotatable bonds is 4. The van der Waals surface area contributed by atoms with Crippen LogP contribution < -0.4 is 5.32 Å². The van der Waals surface area contributed by atoms with Crippen LogP contribution in [0.5, 0.6) is 0 Å². The molecular formula is C18H20N. The Balaban J connectivity index is 1.77. The van der Waals surface area contributed by atoms with Gasteiger partial charge in [-0.15, -0.1) is 0 Å². The maximum absolute atomic E-state index is 3.68. The van der Waals surface area contributed by atoms with E-state index in [1.807, 2.05) is 6.07 Å². The topological polar surface area (TPSA) is 12.0 Å². The molecular weight excluding hydrogens is 230 g/mol. The molecule has 0 heterocycles. The molecule has 1 fully saturated rings. The molecule has 2 aromatic carbocycles. The Bertz CT molecular complexity index is 512. The summed E-state index contributed by atoms with van der Waals surface area (Å²) in [5.41, 5.74) is 3.86. The molecule has 0 aliphatic heterocycles. The van der Waals surface area contributed by atoms with Crippen LogP contribution in [0, 0.1) is 6.07 Å². The summed E-state index contributed by atoms with van der Waals surface area (Å²) < 4.78 is 0. The third-order valence-corrected chi connectivity index (χ3v) is 3.95. The molecule has 0 aromatic heterocycles. The second-order valence-electron chi connectivity index (χ2n) is 5.29. The zero-order valence-corrected chi connectivity index (χ0v) is 11.2. The van der Waals surface area contributed by atoms with Crippen LogP contribution in [0.4, 0.5) is 0 Å². The Morgan fingerprint density at radius 2 is 1.79 bits per heavy atom. The minimum Gasteiger partial charge on any atom is -0.310 e. The molecule has 0 unspecified atom stereocenters. The second-order valence-corrected chi connectivity index (χ2v) is 5.29. The minimum atomic E-state index is 0.706. The van der Waals surface area contributed by atoms with E-state index in [2.05, 4.69) is 53.8 Å². The Labute approximate surface area is 115 Å². The molecule has 0 saturated heterocycles. The zero-order valence-electron chi connectivity index (χ0n) is 11.2. The fourth-order valence-electron chi connectivity index (χ4n) is 2.88. The van der Waals surface area contributed by atoms with Gasteiger partial charge in [-0.3, -0.25) is 0 Å². The lowest BCUT2D eigenvalue weighted by Crippen LogP contribution is -2.25. The molecule has 0 bridgehead atoms. The fraction of sp³-hybridized carbons (Fsp3) is 0.333. The van der Waals surface area contributed by atoms with E-state index in [-0.39, 0.29) is 0 Å². The Morgan fingerprint density at radius 1 is 1.00 bits per heavy atom. The molecule has 0 amide bonds. The quantitative estimate of drug-likeness (QED) is 0.858. The summed E-state index contributed by atoms with van der Waals surface area (Å²) in [4.78, 5) is 0. The van der Waals surface area contributed by atoms with Crippen LogP contribution in [0.3, 0.4) is 0 Å². The van der Waals surface area contributed by atoms with Gasteiger partial charge in [0.25, 0.3) is 0 Å². The van der Waals surface area contributed by atoms with Crippen molar-refractivity contribution in [3.8, 4) is 11.1 Å². The molecule has 1 radical (unpaired) electrons. The highest BCUT2D eigenvalue weighted by molar-refractivity contribution is 5.66. The predicted octanol–water partition coefficient (Wildman–Crippen LogP) is 4.19. The van der Waals surface area contributed by atoms with Gasteiger partial charge in [0.05, 0.1) is 0 Å². The summed E-state index contributed by atoms with van der Waals surface area (Å²) in [7, 11) is 0. The summed E-state index contributed by atoms with van der Waals surface area (Å²) in [5, 5.41) is 3.68. The van der Waals surface area contributed by atoms with Crippen molar-refractivity contribution in [2.24, 2.45) is 0 Å². The average Bonchev–Trinajstić information content (AvgIpc) is 3.00. The fourth-order valence-corrected chi connectivity index (χ4v) is 2.88. The third-order valence-electron chi connectivity index (χ3n) is 3.95. The van der Waals surface area contributed by atoms with Gasteiger partial charge in [-0.25, -0.2) is 0 Å². The van der Waals surface area contributed by atoms with Crippen LogP contribution in [0.15, 0.2) is 48.5 Å². The van der Waals surface area contributed by atoms with E-state index in [0.717, 1.165) is 6.54 Å². The molecule has 3 rings (SSSR count). The van der Waals surface area contributed by atoms with Crippen LogP contribution in [0.1, 0.15) is 31.2 Å². The Kier molecular flexibility index (Phi) is 3.95. The molecule has 0 spiro atoms. The number of benzene rings is 2. The van der Waals surface area contributed by atoms with Crippen molar-refractivity contribution in [2.45, 2.75) is 38.3 Å². The van der Waals surface area contributed by atoms with Crippen molar-refractivity contribution >= 4 is 0 Å². The van der Waals surface area contributed by atoms with E-state index >= 15 is 0 Å². The van der Waals surface area contributed by atoms with E-state index < -0.39 is 0 Å². The molecule has 1 N–H and O–H groups in total. The molecule has 19 heavy (non-hydrogen) atoms. The highest BCUT2D eigenvalue weighted by atomic mass is 14.9. The summed E-state index contributed by atoms with van der Waals surface area (Å²) in [5.74, 6) is 0. The van der Waals surface area contributed by atoms with Gasteiger partial charge in [-0.05, 0) is 35.6 Å². The zero-order chi connectivity index (χ0) is 12.9. The van der Waals surface area contributed by atoms with Gasteiger partial charge in [0.1, 0.15) is 0 Å².